The van der Waals surface area contributed by atoms with Crippen LogP contribution >= 0.6 is 11.3 Å². The summed E-state index contributed by atoms with van der Waals surface area (Å²) in [5.74, 6) is -0.225. The maximum absolute atomic E-state index is 12.1. The number of nitro groups is 1. The molecule has 0 aliphatic heterocycles. The van der Waals surface area contributed by atoms with Gasteiger partial charge < -0.3 is 10.6 Å². The van der Waals surface area contributed by atoms with Crippen LogP contribution in [0.4, 0.5) is 17.1 Å². The van der Waals surface area contributed by atoms with Crippen molar-refractivity contribution < 1.29 is 9.72 Å². The third-order valence-corrected chi connectivity index (χ3v) is 4.58. The number of carbonyl (C=O) groups is 1. The van der Waals surface area contributed by atoms with Crippen molar-refractivity contribution in [2.24, 2.45) is 0 Å². The van der Waals surface area contributed by atoms with Crippen molar-refractivity contribution in [1.82, 2.24) is 4.98 Å². The number of carbonyl (C=O) groups excluding carboxylic acids is 1. The van der Waals surface area contributed by atoms with Gasteiger partial charge in [-0.05, 0) is 43.7 Å². The molecule has 2 N–H and O–H groups in total. The van der Waals surface area contributed by atoms with Gasteiger partial charge in [-0.15, -0.1) is 11.3 Å². The first-order valence-corrected chi connectivity index (χ1v) is 8.40. The van der Waals surface area contributed by atoms with E-state index in [-0.39, 0.29) is 18.1 Å². The van der Waals surface area contributed by atoms with Gasteiger partial charge in [0, 0.05) is 23.5 Å². The summed E-state index contributed by atoms with van der Waals surface area (Å²) in [7, 11) is 0. The number of nitrogens with one attached hydrogen (secondary N) is 2. The van der Waals surface area contributed by atoms with Crippen LogP contribution in [0.25, 0.3) is 10.2 Å². The number of nitro benzene ring substituents is 1. The van der Waals surface area contributed by atoms with E-state index in [2.05, 4.69) is 15.6 Å². The first-order valence-electron chi connectivity index (χ1n) is 7.58. The Balaban J connectivity index is 1.63. The maximum Gasteiger partial charge on any atom is 0.269 e. The highest BCUT2D eigenvalue weighted by atomic mass is 32.1. The molecule has 3 aromatic rings. The number of fused-ring (bicyclic) bond motifs is 1. The molecule has 1 aromatic heterocycles. The molecule has 0 saturated heterocycles. The van der Waals surface area contributed by atoms with E-state index < -0.39 is 4.92 Å². The molecule has 3 rings (SSSR count). The summed E-state index contributed by atoms with van der Waals surface area (Å²) in [5, 5.41) is 17.6. The zero-order valence-electron chi connectivity index (χ0n) is 13.7. The molecule has 0 aliphatic carbocycles. The third-order valence-electron chi connectivity index (χ3n) is 3.64. The van der Waals surface area contributed by atoms with Gasteiger partial charge in [0.25, 0.3) is 5.69 Å². The van der Waals surface area contributed by atoms with E-state index in [0.717, 1.165) is 20.9 Å². The minimum absolute atomic E-state index is 0.00165. The van der Waals surface area contributed by atoms with Crippen molar-refractivity contribution in [2.75, 3.05) is 17.2 Å². The van der Waals surface area contributed by atoms with Crippen LogP contribution in [0.5, 0.6) is 0 Å². The molecular formula is C17H16N4O3S. The molecule has 0 radical (unpaired) electrons. The van der Waals surface area contributed by atoms with Gasteiger partial charge in [0.05, 0.1) is 26.7 Å². The topological polar surface area (TPSA) is 97.2 Å². The Morgan fingerprint density at radius 3 is 2.76 bits per heavy atom. The van der Waals surface area contributed by atoms with E-state index in [1.807, 2.05) is 25.1 Å². The number of aromatic nitrogens is 1. The second-order valence-corrected chi connectivity index (χ2v) is 6.81. The highest BCUT2D eigenvalue weighted by Gasteiger charge is 2.10. The van der Waals surface area contributed by atoms with E-state index >= 15 is 0 Å². The molecule has 0 bridgehead atoms. The zero-order valence-corrected chi connectivity index (χ0v) is 14.5. The second-order valence-electron chi connectivity index (χ2n) is 5.57. The fraction of sp³-hybridized carbons (Fsp3) is 0.176. The number of hydrogen-bond acceptors (Lipinski definition) is 6. The highest BCUT2D eigenvalue weighted by molar-refractivity contribution is 7.18. The zero-order chi connectivity index (χ0) is 18.0. The lowest BCUT2D eigenvalue weighted by molar-refractivity contribution is -0.384. The molecule has 7 nitrogen and oxygen atoms in total. The Hall–Kier alpha value is -3.00. The number of hydrogen-bond donors (Lipinski definition) is 2. The largest absolute Gasteiger partial charge is 0.376 e. The van der Waals surface area contributed by atoms with Crippen molar-refractivity contribution in [1.29, 1.82) is 0 Å². The van der Waals surface area contributed by atoms with Crippen LogP contribution in [0.1, 0.15) is 10.6 Å². The molecule has 1 amide bonds. The highest BCUT2D eigenvalue weighted by Crippen LogP contribution is 2.25. The minimum Gasteiger partial charge on any atom is -0.376 e. The lowest BCUT2D eigenvalue weighted by atomic mass is 10.2. The van der Waals surface area contributed by atoms with Gasteiger partial charge in [0.15, 0.2) is 0 Å². The Bertz CT molecular complexity index is 968. The van der Waals surface area contributed by atoms with Crippen molar-refractivity contribution in [3.05, 3.63) is 57.1 Å². The van der Waals surface area contributed by atoms with Crippen LogP contribution in [0.3, 0.4) is 0 Å². The number of aryl methyl sites for hydroxylation is 2. The van der Waals surface area contributed by atoms with Crippen LogP contribution < -0.4 is 10.6 Å². The van der Waals surface area contributed by atoms with Gasteiger partial charge in [0.1, 0.15) is 0 Å². The molecule has 25 heavy (non-hydrogen) atoms. The number of amides is 1. The summed E-state index contributed by atoms with van der Waals surface area (Å²) >= 11 is 1.60. The number of nitrogens with zero attached hydrogens (tertiary/aromatic N) is 2. The number of benzene rings is 2. The SMILES string of the molecule is Cc1nc2ccc(NCC(=O)Nc3ccc([N+](=O)[O-])cc3C)cc2s1. The van der Waals surface area contributed by atoms with Crippen LogP contribution in [0, 0.1) is 24.0 Å². The lowest BCUT2D eigenvalue weighted by Gasteiger charge is -2.10. The summed E-state index contributed by atoms with van der Waals surface area (Å²) in [6.07, 6.45) is 0. The average Bonchev–Trinajstić information content (AvgIpc) is 2.94. The summed E-state index contributed by atoms with van der Waals surface area (Å²) in [6.45, 7) is 3.77. The average molecular weight is 356 g/mol. The molecule has 0 unspecified atom stereocenters. The summed E-state index contributed by atoms with van der Waals surface area (Å²) in [6, 6.07) is 10.1. The van der Waals surface area contributed by atoms with Crippen molar-refractivity contribution >= 4 is 44.5 Å². The van der Waals surface area contributed by atoms with Crippen molar-refractivity contribution in [2.45, 2.75) is 13.8 Å². The normalized spacial score (nSPS) is 10.6. The van der Waals surface area contributed by atoms with Gasteiger partial charge in [-0.1, -0.05) is 0 Å². The van der Waals surface area contributed by atoms with Crippen LogP contribution in [-0.2, 0) is 4.79 Å². The quantitative estimate of drug-likeness (QED) is 0.534. The Morgan fingerprint density at radius 1 is 1.24 bits per heavy atom. The predicted octanol–water partition coefficient (Wildman–Crippen LogP) is 3.87. The first-order chi connectivity index (χ1) is 11.9. The Kier molecular flexibility index (Phi) is 4.62. The van der Waals surface area contributed by atoms with Gasteiger partial charge in [-0.25, -0.2) is 4.98 Å². The molecule has 0 spiro atoms. The molecule has 2 aromatic carbocycles. The van der Waals surface area contributed by atoms with Gasteiger partial charge in [-0.2, -0.15) is 0 Å². The number of thiazole rings is 1. The van der Waals surface area contributed by atoms with E-state index in [1.54, 1.807) is 18.3 Å². The van der Waals surface area contributed by atoms with Crippen LogP contribution in [-0.4, -0.2) is 22.4 Å². The third kappa shape index (κ3) is 3.92. The Morgan fingerprint density at radius 2 is 2.04 bits per heavy atom. The fourth-order valence-electron chi connectivity index (χ4n) is 2.43. The molecule has 0 saturated carbocycles. The molecule has 1 heterocycles. The number of rotatable bonds is 5. The van der Waals surface area contributed by atoms with Crippen LogP contribution in [0.2, 0.25) is 0 Å². The van der Waals surface area contributed by atoms with E-state index in [1.165, 1.54) is 18.2 Å². The molecule has 0 atom stereocenters. The summed E-state index contributed by atoms with van der Waals surface area (Å²) in [5.41, 5.74) is 2.99. The van der Waals surface area contributed by atoms with E-state index in [4.69, 9.17) is 0 Å². The number of non-ortho nitro benzene ring substituents is 1. The molecule has 0 fully saturated rings. The molecule has 128 valence electrons. The molecule has 0 aliphatic rings. The first kappa shape index (κ1) is 16.8. The van der Waals surface area contributed by atoms with Gasteiger partial charge >= 0.3 is 0 Å². The van der Waals surface area contributed by atoms with Crippen molar-refractivity contribution in [3.8, 4) is 0 Å². The summed E-state index contributed by atoms with van der Waals surface area (Å²) in [4.78, 5) is 26.8. The standard InChI is InChI=1S/C17H16N4O3S/c1-10-7-13(21(23)24)4-6-14(10)20-17(22)9-18-12-3-5-15-16(8-12)25-11(2)19-15/h3-8,18H,9H2,1-2H3,(H,20,22). The van der Waals surface area contributed by atoms with E-state index in [9.17, 15) is 14.9 Å². The van der Waals surface area contributed by atoms with E-state index in [0.29, 0.717) is 11.3 Å². The molecule has 8 heteroatoms. The maximum atomic E-state index is 12.1. The van der Waals surface area contributed by atoms with Crippen molar-refractivity contribution in [3.63, 3.8) is 0 Å². The number of anilines is 2. The Labute approximate surface area is 147 Å². The summed E-state index contributed by atoms with van der Waals surface area (Å²) < 4.78 is 1.06. The second kappa shape index (κ2) is 6.86. The predicted molar refractivity (Wildman–Crippen MR) is 99.3 cm³/mol. The van der Waals surface area contributed by atoms with Crippen LogP contribution in [0.15, 0.2) is 36.4 Å². The smallest absolute Gasteiger partial charge is 0.269 e. The molecular weight excluding hydrogens is 340 g/mol. The minimum atomic E-state index is -0.461. The monoisotopic (exact) mass is 356 g/mol. The van der Waals surface area contributed by atoms with Gasteiger partial charge in [-0.3, -0.25) is 14.9 Å². The lowest BCUT2D eigenvalue weighted by Crippen LogP contribution is -2.22. The fourth-order valence-corrected chi connectivity index (χ4v) is 3.29. The van der Waals surface area contributed by atoms with Gasteiger partial charge in [0.2, 0.25) is 5.91 Å².